The summed E-state index contributed by atoms with van der Waals surface area (Å²) >= 11 is 0. The topological polar surface area (TPSA) is 128 Å². The van der Waals surface area contributed by atoms with Gasteiger partial charge in [-0.15, -0.1) is 0 Å². The Labute approximate surface area is 338 Å². The van der Waals surface area contributed by atoms with Gasteiger partial charge in [-0.2, -0.15) is 0 Å². The third-order valence-corrected chi connectivity index (χ3v) is 7.88. The molecule has 1 aliphatic heterocycles. The van der Waals surface area contributed by atoms with Crippen molar-refractivity contribution in [1.82, 2.24) is 44.9 Å². The summed E-state index contributed by atoms with van der Waals surface area (Å²) in [5, 5.41) is 0. The molecular formula is C46H68N10. The molecule has 10 nitrogen and oxygen atoms in total. The first-order valence-electron chi connectivity index (χ1n) is 20.8. The number of rotatable bonds is 12. The maximum atomic E-state index is 4.57. The Bertz CT molecular complexity index is 1720. The van der Waals surface area contributed by atoms with Gasteiger partial charge in [0.05, 0.1) is 17.1 Å². The molecule has 0 amide bonds. The van der Waals surface area contributed by atoms with Gasteiger partial charge in [-0.25, -0.2) is 39.9 Å². The molecule has 0 aliphatic carbocycles. The van der Waals surface area contributed by atoms with Crippen molar-refractivity contribution in [3.05, 3.63) is 108 Å². The predicted molar refractivity (Wildman–Crippen MR) is 235 cm³/mol. The number of allylic oxidation sites excluding steroid dienone is 1. The van der Waals surface area contributed by atoms with Gasteiger partial charge < -0.3 is 0 Å². The number of hydrogen-bond acceptors (Lipinski definition) is 10. The number of aliphatic imine (C=N–C) groups is 1. The Morgan fingerprint density at radius 2 is 0.911 bits per heavy atom. The van der Waals surface area contributed by atoms with Gasteiger partial charge in [0.15, 0.2) is 0 Å². The molecule has 56 heavy (non-hydrogen) atoms. The molecule has 0 radical (unpaired) electrons. The third-order valence-electron chi connectivity index (χ3n) is 7.88. The number of aryl methyl sites for hydroxylation is 5. The molecule has 0 atom stereocenters. The summed E-state index contributed by atoms with van der Waals surface area (Å²) < 4.78 is 0. The van der Waals surface area contributed by atoms with Crippen molar-refractivity contribution in [2.45, 2.75) is 147 Å². The Hall–Kier alpha value is -5.12. The van der Waals surface area contributed by atoms with Crippen LogP contribution in [-0.4, -0.2) is 50.6 Å². The SMILES string of the molecule is CC.CC.CC.CCCCc1nccc(-c2ccc(C)nc2)n1.CCCCc1nccc(-c2cnc(C)nc2)n1.CCCCc1nccc(C2=CN=C(C)C2)n1. The van der Waals surface area contributed by atoms with E-state index in [9.17, 15) is 0 Å². The van der Waals surface area contributed by atoms with Crippen LogP contribution < -0.4 is 0 Å². The molecule has 6 rings (SSSR count). The smallest absolute Gasteiger partial charge is 0.128 e. The summed E-state index contributed by atoms with van der Waals surface area (Å²) in [5.41, 5.74) is 8.26. The van der Waals surface area contributed by atoms with Gasteiger partial charge in [0.1, 0.15) is 23.3 Å². The predicted octanol–water partition coefficient (Wildman–Crippen LogP) is 11.9. The zero-order valence-electron chi connectivity index (χ0n) is 36.5. The summed E-state index contributed by atoms with van der Waals surface area (Å²) in [4.78, 5) is 43.4. The van der Waals surface area contributed by atoms with Crippen molar-refractivity contribution in [2.75, 3.05) is 0 Å². The minimum Gasteiger partial charge on any atom is -0.265 e. The van der Waals surface area contributed by atoms with E-state index < -0.39 is 0 Å². The van der Waals surface area contributed by atoms with Crippen LogP contribution in [0.4, 0.5) is 0 Å². The number of aromatic nitrogens is 9. The quantitative estimate of drug-likeness (QED) is 0.122. The van der Waals surface area contributed by atoms with Crippen LogP contribution in [0.1, 0.15) is 149 Å². The lowest BCUT2D eigenvalue weighted by molar-refractivity contribution is 0.750. The van der Waals surface area contributed by atoms with E-state index in [1.54, 1.807) is 18.6 Å². The fourth-order valence-corrected chi connectivity index (χ4v) is 4.92. The van der Waals surface area contributed by atoms with Crippen molar-refractivity contribution < 1.29 is 0 Å². The van der Waals surface area contributed by atoms with Gasteiger partial charge in [-0.1, -0.05) is 81.6 Å². The second kappa shape index (κ2) is 30.1. The molecule has 0 N–H and O–H groups in total. The first kappa shape index (κ1) is 48.9. The Morgan fingerprint density at radius 3 is 1.32 bits per heavy atom. The minimum atomic E-state index is 0.772. The number of hydrogen-bond donors (Lipinski definition) is 0. The maximum Gasteiger partial charge on any atom is 0.128 e. The van der Waals surface area contributed by atoms with E-state index in [2.05, 4.69) is 70.6 Å². The lowest BCUT2D eigenvalue weighted by atomic mass is 10.1. The lowest BCUT2D eigenvalue weighted by Gasteiger charge is -2.03. The highest BCUT2D eigenvalue weighted by Crippen LogP contribution is 2.22. The van der Waals surface area contributed by atoms with E-state index in [-0.39, 0.29) is 0 Å². The van der Waals surface area contributed by atoms with E-state index >= 15 is 0 Å². The fraction of sp³-hybridized carbons (Fsp3) is 0.478. The van der Waals surface area contributed by atoms with E-state index in [0.717, 1.165) is 114 Å². The monoisotopic (exact) mass is 761 g/mol. The van der Waals surface area contributed by atoms with E-state index in [1.807, 2.05) is 117 Å². The number of nitrogens with zero attached hydrogens (tertiary/aromatic N) is 10. The molecule has 302 valence electrons. The van der Waals surface area contributed by atoms with Crippen LogP contribution in [-0.2, 0) is 19.3 Å². The summed E-state index contributed by atoms with van der Waals surface area (Å²) in [6.45, 7) is 24.4. The average Bonchev–Trinajstić information content (AvgIpc) is 3.71. The molecule has 6 heterocycles. The van der Waals surface area contributed by atoms with Crippen molar-refractivity contribution in [3.63, 3.8) is 0 Å². The van der Waals surface area contributed by atoms with Gasteiger partial charge in [0.2, 0.25) is 0 Å². The molecule has 10 heteroatoms. The second-order valence-corrected chi connectivity index (χ2v) is 12.3. The van der Waals surface area contributed by atoms with Crippen LogP contribution in [0.25, 0.3) is 28.1 Å². The summed E-state index contributed by atoms with van der Waals surface area (Å²) in [6.07, 6.45) is 23.5. The number of pyridine rings is 1. The van der Waals surface area contributed by atoms with Crippen LogP contribution in [0.5, 0.6) is 0 Å². The van der Waals surface area contributed by atoms with Crippen LogP contribution in [0, 0.1) is 13.8 Å². The van der Waals surface area contributed by atoms with Crippen molar-refractivity contribution in [1.29, 1.82) is 0 Å². The molecule has 0 saturated heterocycles. The van der Waals surface area contributed by atoms with E-state index in [0.29, 0.717) is 0 Å². The second-order valence-electron chi connectivity index (χ2n) is 12.3. The Morgan fingerprint density at radius 1 is 0.482 bits per heavy atom. The minimum absolute atomic E-state index is 0.772. The highest BCUT2D eigenvalue weighted by molar-refractivity contribution is 5.96. The number of unbranched alkanes of at least 4 members (excludes halogenated alkanes) is 3. The molecule has 0 bridgehead atoms. The molecule has 5 aromatic heterocycles. The molecular weight excluding hydrogens is 693 g/mol. The van der Waals surface area contributed by atoms with Gasteiger partial charge >= 0.3 is 0 Å². The summed E-state index contributed by atoms with van der Waals surface area (Å²) in [7, 11) is 0. The molecule has 1 aliphatic rings. The highest BCUT2D eigenvalue weighted by atomic mass is 14.9. The van der Waals surface area contributed by atoms with Gasteiger partial charge in [-0.05, 0) is 70.4 Å². The fourth-order valence-electron chi connectivity index (χ4n) is 4.92. The molecule has 5 aromatic rings. The lowest BCUT2D eigenvalue weighted by Crippen LogP contribution is -1.99. The van der Waals surface area contributed by atoms with Crippen molar-refractivity contribution >= 4 is 11.3 Å². The van der Waals surface area contributed by atoms with Crippen molar-refractivity contribution in [2.24, 2.45) is 4.99 Å². The molecule has 0 spiro atoms. The Balaban J connectivity index is 0.000000393. The Kier molecular flexibility index (Phi) is 26.3. The summed E-state index contributed by atoms with van der Waals surface area (Å²) in [5.74, 6) is 3.54. The molecule has 0 aromatic carbocycles. The molecule has 0 saturated carbocycles. The zero-order chi connectivity index (χ0) is 41.6. The van der Waals surface area contributed by atoms with Gasteiger partial charge in [0, 0.05) is 97.2 Å². The van der Waals surface area contributed by atoms with Crippen molar-refractivity contribution in [3.8, 4) is 22.5 Å². The highest BCUT2D eigenvalue weighted by Gasteiger charge is 2.11. The van der Waals surface area contributed by atoms with Crippen LogP contribution >= 0.6 is 0 Å². The van der Waals surface area contributed by atoms with E-state index in [1.165, 1.54) is 18.4 Å². The molecule has 0 unspecified atom stereocenters. The van der Waals surface area contributed by atoms with Crippen LogP contribution in [0.3, 0.4) is 0 Å². The van der Waals surface area contributed by atoms with E-state index in [4.69, 9.17) is 0 Å². The van der Waals surface area contributed by atoms with Crippen LogP contribution in [0.2, 0.25) is 0 Å². The normalized spacial score (nSPS) is 10.9. The zero-order valence-corrected chi connectivity index (χ0v) is 36.5. The maximum absolute atomic E-state index is 4.57. The van der Waals surface area contributed by atoms with Gasteiger partial charge in [-0.3, -0.25) is 9.98 Å². The molecule has 0 fully saturated rings. The standard InChI is InChI=1S/C14H17N3.C13H16N4.C13H17N3.3C2H6/c1-3-4-5-14-15-9-8-13(17-14)12-7-6-11(2)16-10-12;1-3-4-5-13-14-7-6-12(17-13)11-8-15-10(2)16-9-11;1-3-4-5-13-14-7-6-12(16-13)11-8-10(2)15-9-11;3*1-2/h6-10H,3-5H2,1-2H3;6-9H,3-5H2,1-2H3;6-7,9H,3-5,8H2,1-2H3;3*1-2H3. The first-order chi connectivity index (χ1) is 27.4. The van der Waals surface area contributed by atoms with Crippen LogP contribution in [0.15, 0.2) is 78.7 Å². The average molecular weight is 761 g/mol. The third kappa shape index (κ3) is 18.5. The van der Waals surface area contributed by atoms with Gasteiger partial charge in [0.25, 0.3) is 0 Å². The first-order valence-corrected chi connectivity index (χ1v) is 20.8. The largest absolute Gasteiger partial charge is 0.265 e. The summed E-state index contributed by atoms with van der Waals surface area (Å²) in [6, 6.07) is 9.85.